The molecule has 0 unspecified atom stereocenters. The quantitative estimate of drug-likeness (QED) is 0.166. The number of fused-ring (bicyclic) bond motifs is 1. The van der Waals surface area contributed by atoms with Gasteiger partial charge >= 0.3 is 5.97 Å². The Morgan fingerprint density at radius 3 is 2.67 bits per heavy atom. The van der Waals surface area contributed by atoms with Crippen molar-refractivity contribution in [1.82, 2.24) is 9.78 Å². The molecule has 1 aliphatic rings. The van der Waals surface area contributed by atoms with Crippen molar-refractivity contribution >= 4 is 28.1 Å². The van der Waals surface area contributed by atoms with E-state index < -0.39 is 0 Å². The zero-order chi connectivity index (χ0) is 28.1. The lowest BCUT2D eigenvalue weighted by Crippen LogP contribution is -2.09. The third-order valence-corrected chi connectivity index (χ3v) is 6.96. The van der Waals surface area contributed by atoms with Gasteiger partial charge in [-0.3, -0.25) is 9.48 Å². The second-order valence-electron chi connectivity index (χ2n) is 10.0. The maximum Gasteiger partial charge on any atom is 0.310 e. The van der Waals surface area contributed by atoms with Crippen molar-refractivity contribution in [2.75, 3.05) is 19.8 Å². The van der Waals surface area contributed by atoms with Crippen molar-refractivity contribution in [1.29, 1.82) is 0 Å². The van der Waals surface area contributed by atoms with Gasteiger partial charge in [0.1, 0.15) is 18.1 Å². The molecular formula is C33H33N3O4. The summed E-state index contributed by atoms with van der Waals surface area (Å²) in [6.07, 6.45) is 3.08. The average molecular weight is 536 g/mol. The van der Waals surface area contributed by atoms with Gasteiger partial charge in [-0.25, -0.2) is 4.85 Å². The Bertz CT molecular complexity index is 1610. The molecule has 40 heavy (non-hydrogen) atoms. The van der Waals surface area contributed by atoms with E-state index in [1.165, 1.54) is 5.57 Å². The number of rotatable bonds is 9. The number of benzene rings is 3. The highest BCUT2D eigenvalue weighted by molar-refractivity contribution is 5.88. The third-order valence-electron chi connectivity index (χ3n) is 6.96. The molecule has 0 radical (unpaired) electrons. The molecule has 0 bridgehead atoms. The third kappa shape index (κ3) is 5.93. The van der Waals surface area contributed by atoms with Crippen molar-refractivity contribution in [2.24, 2.45) is 0 Å². The van der Waals surface area contributed by atoms with Gasteiger partial charge in [0.2, 0.25) is 0 Å². The van der Waals surface area contributed by atoms with Crippen molar-refractivity contribution in [2.45, 2.75) is 46.3 Å². The summed E-state index contributed by atoms with van der Waals surface area (Å²) < 4.78 is 18.9. The largest absolute Gasteiger partial charge is 0.487 e. The lowest BCUT2D eigenvalue weighted by Gasteiger charge is -2.15. The Kier molecular flexibility index (Phi) is 8.28. The van der Waals surface area contributed by atoms with Crippen LogP contribution in [0.3, 0.4) is 0 Å². The Morgan fingerprint density at radius 2 is 1.93 bits per heavy atom. The Labute approximate surface area is 234 Å². The zero-order valence-corrected chi connectivity index (χ0v) is 23.1. The van der Waals surface area contributed by atoms with E-state index in [0.29, 0.717) is 31.3 Å². The van der Waals surface area contributed by atoms with E-state index in [0.717, 1.165) is 45.3 Å². The first kappa shape index (κ1) is 27.2. The summed E-state index contributed by atoms with van der Waals surface area (Å²) in [5.74, 6) is 0.355. The molecule has 204 valence electrons. The second kappa shape index (κ2) is 12.2. The van der Waals surface area contributed by atoms with E-state index in [9.17, 15) is 4.79 Å². The Balaban J connectivity index is 1.50. The van der Waals surface area contributed by atoms with Crippen LogP contribution in [-0.4, -0.2) is 35.6 Å². The van der Waals surface area contributed by atoms with Crippen LogP contribution in [0.15, 0.2) is 66.7 Å². The average Bonchev–Trinajstić information content (AvgIpc) is 3.35. The van der Waals surface area contributed by atoms with Crippen LogP contribution in [0.25, 0.3) is 32.4 Å². The van der Waals surface area contributed by atoms with Crippen molar-refractivity contribution in [3.63, 3.8) is 0 Å². The van der Waals surface area contributed by atoms with Gasteiger partial charge < -0.3 is 14.2 Å². The number of esters is 1. The predicted molar refractivity (Wildman–Crippen MR) is 156 cm³/mol. The topological polar surface area (TPSA) is 66.9 Å². The molecule has 2 heterocycles. The highest BCUT2D eigenvalue weighted by atomic mass is 16.5. The van der Waals surface area contributed by atoms with Crippen LogP contribution < -0.4 is 4.74 Å². The van der Waals surface area contributed by atoms with Gasteiger partial charge in [-0.2, -0.15) is 5.10 Å². The van der Waals surface area contributed by atoms with Gasteiger partial charge in [-0.05, 0) is 85.9 Å². The first-order valence-corrected chi connectivity index (χ1v) is 13.6. The van der Waals surface area contributed by atoms with Gasteiger partial charge in [-0.1, -0.05) is 30.3 Å². The van der Waals surface area contributed by atoms with Crippen molar-refractivity contribution in [3.05, 3.63) is 95.0 Å². The molecule has 1 aromatic heterocycles. The van der Waals surface area contributed by atoms with Crippen LogP contribution in [0.1, 0.15) is 50.1 Å². The summed E-state index contributed by atoms with van der Waals surface area (Å²) in [4.78, 5) is 15.9. The molecule has 0 spiro atoms. The summed E-state index contributed by atoms with van der Waals surface area (Å²) in [6.45, 7) is 15.6. The zero-order valence-electron chi connectivity index (χ0n) is 23.1. The Morgan fingerprint density at radius 1 is 1.10 bits per heavy atom. The lowest BCUT2D eigenvalue weighted by atomic mass is 9.95. The summed E-state index contributed by atoms with van der Waals surface area (Å²) in [7, 11) is 0. The maximum absolute atomic E-state index is 12.1. The molecular weight excluding hydrogens is 502 g/mol. The molecule has 0 saturated heterocycles. The SMILES string of the molecule is [C-]#[N+]c1cc(C2=CCOCC2)cc(-c2ccc3c(c2)c(COc2ccccc2CC(=O)OCC)nn3C(C)C)c1. The van der Waals surface area contributed by atoms with Crippen LogP contribution in [0.5, 0.6) is 5.75 Å². The molecule has 0 saturated carbocycles. The van der Waals surface area contributed by atoms with Gasteiger partial charge in [0.05, 0.1) is 38.3 Å². The van der Waals surface area contributed by atoms with E-state index >= 15 is 0 Å². The summed E-state index contributed by atoms with van der Waals surface area (Å²) in [5.41, 5.74) is 7.49. The summed E-state index contributed by atoms with van der Waals surface area (Å²) >= 11 is 0. The molecule has 0 atom stereocenters. The van der Waals surface area contributed by atoms with Gasteiger partial charge in [-0.15, -0.1) is 0 Å². The fraction of sp³-hybridized carbons (Fsp3) is 0.303. The fourth-order valence-corrected chi connectivity index (χ4v) is 5.01. The minimum absolute atomic E-state index is 0.150. The predicted octanol–water partition coefficient (Wildman–Crippen LogP) is 7.32. The highest BCUT2D eigenvalue weighted by Crippen LogP contribution is 2.34. The number of para-hydroxylation sites is 1. The van der Waals surface area contributed by atoms with E-state index in [1.807, 2.05) is 41.1 Å². The fourth-order valence-electron chi connectivity index (χ4n) is 5.01. The minimum atomic E-state index is -0.282. The van der Waals surface area contributed by atoms with Crippen molar-refractivity contribution in [3.8, 4) is 16.9 Å². The summed E-state index contributed by atoms with van der Waals surface area (Å²) in [5, 5.41) is 5.91. The van der Waals surface area contributed by atoms with Crippen LogP contribution in [-0.2, 0) is 27.3 Å². The molecule has 1 aliphatic heterocycles. The monoisotopic (exact) mass is 535 g/mol. The number of hydrogen-bond acceptors (Lipinski definition) is 5. The molecule has 4 aromatic rings. The second-order valence-corrected chi connectivity index (χ2v) is 10.0. The Hall–Kier alpha value is -4.41. The van der Waals surface area contributed by atoms with E-state index in [2.05, 4.69) is 49.0 Å². The molecule has 0 fully saturated rings. The highest BCUT2D eigenvalue weighted by Gasteiger charge is 2.17. The molecule has 7 nitrogen and oxygen atoms in total. The molecule has 3 aromatic carbocycles. The number of ether oxygens (including phenoxy) is 3. The number of carbonyl (C=O) groups excluding carboxylic acids is 1. The van der Waals surface area contributed by atoms with Crippen LogP contribution >= 0.6 is 0 Å². The number of hydrogen-bond donors (Lipinski definition) is 0. The lowest BCUT2D eigenvalue weighted by molar-refractivity contribution is -0.142. The molecule has 0 N–H and O–H groups in total. The maximum atomic E-state index is 12.1. The van der Waals surface area contributed by atoms with E-state index in [-0.39, 0.29) is 25.0 Å². The van der Waals surface area contributed by atoms with E-state index in [1.54, 1.807) is 6.92 Å². The van der Waals surface area contributed by atoms with Gasteiger partial charge in [0.25, 0.3) is 0 Å². The van der Waals surface area contributed by atoms with Crippen LogP contribution in [0.4, 0.5) is 5.69 Å². The number of nitrogens with zero attached hydrogens (tertiary/aromatic N) is 3. The standard InChI is InChI=1S/C33H33N3O4/c1-5-39-33(37)20-25-8-6-7-9-32(25)40-21-30-29-19-24(10-11-31(29)36(35-30)22(2)3)27-16-26(17-28(18-27)34-4)23-12-14-38-15-13-23/h6-12,16-19,22H,5,13-15,20-21H2,1-3H3. The molecule has 5 rings (SSSR count). The molecule has 0 amide bonds. The summed E-state index contributed by atoms with van der Waals surface area (Å²) in [6, 6.07) is 20.0. The number of aromatic nitrogens is 2. The van der Waals surface area contributed by atoms with Crippen molar-refractivity contribution < 1.29 is 19.0 Å². The minimum Gasteiger partial charge on any atom is -0.487 e. The number of carbonyl (C=O) groups is 1. The van der Waals surface area contributed by atoms with Crippen LogP contribution in [0.2, 0.25) is 0 Å². The van der Waals surface area contributed by atoms with Gasteiger partial charge in [0.15, 0.2) is 5.69 Å². The molecule has 0 aliphatic carbocycles. The molecule has 7 heteroatoms. The first-order valence-electron chi connectivity index (χ1n) is 13.6. The smallest absolute Gasteiger partial charge is 0.310 e. The first-order chi connectivity index (χ1) is 19.5. The normalized spacial score (nSPS) is 13.2. The van der Waals surface area contributed by atoms with Gasteiger partial charge in [0, 0.05) is 17.0 Å². The van der Waals surface area contributed by atoms with E-state index in [4.69, 9.17) is 25.9 Å². The van der Waals surface area contributed by atoms with Crippen LogP contribution in [0, 0.1) is 6.57 Å².